The highest BCUT2D eigenvalue weighted by atomic mass is 35.5. The molecule has 4 aromatic heterocycles. The summed E-state index contributed by atoms with van der Waals surface area (Å²) in [6.45, 7) is 5.21. The Morgan fingerprint density at radius 3 is 1.56 bits per heavy atom. The number of amides is 4. The Morgan fingerprint density at radius 2 is 1.10 bits per heavy atom. The van der Waals surface area contributed by atoms with Gasteiger partial charge < -0.3 is 20.4 Å². The Bertz CT molecular complexity index is 2160. The summed E-state index contributed by atoms with van der Waals surface area (Å²) in [5.74, 6) is 0. The molecular weight excluding hydrogens is 896 g/mol. The maximum atomic E-state index is 12.9. The monoisotopic (exact) mass is 968 g/mol. The van der Waals surface area contributed by atoms with Crippen LogP contribution in [0, 0.1) is 0 Å². The summed E-state index contributed by atoms with van der Waals surface area (Å²) in [5.41, 5.74) is 8.02. The van der Waals surface area contributed by atoms with E-state index in [1.165, 1.54) is 10.6 Å². The Kier molecular flexibility index (Phi) is 29.2. The molecular formula is C46H74Cl2N8O2S4. The van der Waals surface area contributed by atoms with E-state index >= 15 is 0 Å². The van der Waals surface area contributed by atoms with Gasteiger partial charge in [-0.2, -0.15) is 37.2 Å². The molecule has 0 radical (unpaired) electrons. The molecule has 4 amide bonds. The zero-order valence-electron chi connectivity index (χ0n) is 30.1. The molecule has 2 aliphatic heterocycles. The summed E-state index contributed by atoms with van der Waals surface area (Å²) in [4.78, 5) is 31.7. The first-order valence-corrected chi connectivity index (χ1v) is 19.4. The Hall–Kier alpha value is -3.92. The van der Waals surface area contributed by atoms with Crippen LogP contribution >= 0.6 is 72.9 Å². The van der Waals surface area contributed by atoms with Crippen LogP contribution in [-0.4, -0.2) is 53.5 Å². The topological polar surface area (TPSA) is 100 Å². The average molecular weight is 970 g/mol. The number of hydrogen-bond donors (Lipinski definition) is 2. The largest absolute Gasteiger partial charge is 0.322 e. The molecule has 6 heterocycles. The number of fused-ring (bicyclic) bond motifs is 2. The summed E-state index contributed by atoms with van der Waals surface area (Å²) in [6.07, 6.45) is 1.53. The van der Waals surface area contributed by atoms with Crippen LogP contribution in [0.5, 0.6) is 0 Å². The van der Waals surface area contributed by atoms with Crippen molar-refractivity contribution in [2.45, 2.75) is 111 Å². The SMILES string of the molecule is C.C.C.C.C.C.C.C.C[C@H]1Cc2c(c(-c3cccs3)nn2C)CN1C(=O)Nc1cccc(Cl)c1.C[C@H]1Cc2nn(C)c(-c3cccs3)c2CN1C(=O)Nc1cccc(Cl)c1.S.S. The van der Waals surface area contributed by atoms with Gasteiger partial charge in [0.15, 0.2) is 0 Å². The molecule has 0 unspecified atom stereocenters. The summed E-state index contributed by atoms with van der Waals surface area (Å²) < 4.78 is 3.88. The quantitative estimate of drug-likeness (QED) is 0.184. The summed E-state index contributed by atoms with van der Waals surface area (Å²) in [5, 5.41) is 20.6. The van der Waals surface area contributed by atoms with Gasteiger partial charge >= 0.3 is 12.1 Å². The fourth-order valence-electron chi connectivity index (χ4n) is 6.81. The van der Waals surface area contributed by atoms with Gasteiger partial charge in [-0.3, -0.25) is 9.36 Å². The summed E-state index contributed by atoms with van der Waals surface area (Å²) >= 11 is 15.4. The number of anilines is 2. The number of aromatic nitrogens is 4. The van der Waals surface area contributed by atoms with Crippen molar-refractivity contribution in [3.8, 4) is 21.1 Å². The van der Waals surface area contributed by atoms with Crippen LogP contribution in [0.2, 0.25) is 10.0 Å². The zero-order chi connectivity index (χ0) is 36.5. The Balaban J connectivity index is -0.000000467. The number of nitrogens with zero attached hydrogens (tertiary/aromatic N) is 6. The molecule has 0 saturated heterocycles. The van der Waals surface area contributed by atoms with E-state index < -0.39 is 0 Å². The van der Waals surface area contributed by atoms with E-state index in [0.29, 0.717) is 34.5 Å². The molecule has 0 aliphatic carbocycles. The lowest BCUT2D eigenvalue weighted by molar-refractivity contribution is 0.181. The second-order valence-corrected chi connectivity index (χ2v) is 15.8. The van der Waals surface area contributed by atoms with Crippen molar-refractivity contribution >= 4 is 96.3 Å². The number of halogens is 2. The number of benzene rings is 2. The predicted octanol–water partition coefficient (Wildman–Crippen LogP) is 14.9. The van der Waals surface area contributed by atoms with Crippen molar-refractivity contribution in [1.82, 2.24) is 29.4 Å². The average Bonchev–Trinajstić information content (AvgIpc) is 3.92. The number of rotatable bonds is 4. The maximum absolute atomic E-state index is 12.9. The van der Waals surface area contributed by atoms with E-state index in [1.807, 2.05) is 75.0 Å². The van der Waals surface area contributed by atoms with E-state index in [1.54, 1.807) is 46.9 Å². The van der Waals surface area contributed by atoms with Crippen LogP contribution in [0.3, 0.4) is 0 Å². The number of nitrogens with one attached hydrogen (secondary N) is 2. The third-order valence-corrected chi connectivity index (χ3v) is 11.6. The maximum Gasteiger partial charge on any atom is 0.322 e. The lowest BCUT2D eigenvalue weighted by Gasteiger charge is -2.34. The van der Waals surface area contributed by atoms with Crippen molar-refractivity contribution in [1.29, 1.82) is 0 Å². The molecule has 2 atom stereocenters. The predicted molar refractivity (Wildman–Crippen MR) is 286 cm³/mol. The molecule has 16 heteroatoms. The molecule has 0 fully saturated rings. The fraction of sp³-hybridized carbons (Fsp3) is 0.391. The van der Waals surface area contributed by atoms with Crippen molar-refractivity contribution in [3.05, 3.63) is 116 Å². The molecule has 8 rings (SSSR count). The number of carbonyl (C=O) groups is 2. The van der Waals surface area contributed by atoms with E-state index in [-0.39, 0.29) is 111 Å². The van der Waals surface area contributed by atoms with Crippen LogP contribution in [0.15, 0.2) is 83.6 Å². The van der Waals surface area contributed by atoms with Gasteiger partial charge in [-0.25, -0.2) is 9.59 Å². The number of carbonyl (C=O) groups excluding carboxylic acids is 2. The van der Waals surface area contributed by atoms with Gasteiger partial charge in [-0.05, 0) is 73.1 Å². The molecule has 0 bridgehead atoms. The molecule has 2 N–H and O–H groups in total. The second kappa shape index (κ2) is 28.0. The summed E-state index contributed by atoms with van der Waals surface area (Å²) in [6, 6.07) is 22.6. The molecule has 62 heavy (non-hydrogen) atoms. The molecule has 2 aromatic carbocycles. The van der Waals surface area contributed by atoms with Gasteiger partial charge in [0.1, 0.15) is 5.69 Å². The first kappa shape index (κ1) is 64.7. The van der Waals surface area contributed by atoms with Crippen LogP contribution < -0.4 is 10.6 Å². The van der Waals surface area contributed by atoms with Crippen molar-refractivity contribution in [3.63, 3.8) is 0 Å². The van der Waals surface area contributed by atoms with E-state index in [2.05, 4.69) is 42.0 Å². The lowest BCUT2D eigenvalue weighted by Crippen LogP contribution is -2.45. The third kappa shape index (κ3) is 14.0. The van der Waals surface area contributed by atoms with Crippen LogP contribution in [0.25, 0.3) is 21.1 Å². The zero-order valence-corrected chi connectivity index (χ0v) is 35.3. The number of hydrogen-bond acceptors (Lipinski definition) is 6. The molecule has 10 nitrogen and oxygen atoms in total. The van der Waals surface area contributed by atoms with Gasteiger partial charge in [0.05, 0.1) is 34.2 Å². The minimum Gasteiger partial charge on any atom is -0.317 e. The molecule has 0 saturated carbocycles. The number of urea groups is 2. The van der Waals surface area contributed by atoms with Crippen LogP contribution in [0.1, 0.15) is 95.8 Å². The second-order valence-electron chi connectivity index (χ2n) is 13.0. The van der Waals surface area contributed by atoms with Crippen molar-refractivity contribution in [2.24, 2.45) is 14.1 Å². The Labute approximate surface area is 405 Å². The normalized spacial score (nSPS) is 13.8. The van der Waals surface area contributed by atoms with Gasteiger partial charge in [0, 0.05) is 77.3 Å². The first-order valence-electron chi connectivity index (χ1n) is 16.9. The van der Waals surface area contributed by atoms with E-state index in [0.717, 1.165) is 45.9 Å². The number of thiophene rings is 2. The van der Waals surface area contributed by atoms with E-state index in [4.69, 9.17) is 33.4 Å². The van der Waals surface area contributed by atoms with Gasteiger partial charge in [-0.15, -0.1) is 22.7 Å². The van der Waals surface area contributed by atoms with Gasteiger partial charge in [0.2, 0.25) is 0 Å². The molecule has 2 aliphatic rings. The highest BCUT2D eigenvalue weighted by Gasteiger charge is 2.33. The van der Waals surface area contributed by atoms with Crippen molar-refractivity contribution in [2.75, 3.05) is 10.6 Å². The number of aryl methyl sites for hydroxylation is 2. The fourth-order valence-corrected chi connectivity index (χ4v) is 8.75. The van der Waals surface area contributed by atoms with E-state index in [9.17, 15) is 9.59 Å². The molecule has 348 valence electrons. The third-order valence-electron chi connectivity index (χ3n) is 9.38. The summed E-state index contributed by atoms with van der Waals surface area (Å²) in [7, 11) is 3.94. The lowest BCUT2D eigenvalue weighted by atomic mass is 9.99. The Morgan fingerprint density at radius 1 is 0.629 bits per heavy atom. The molecule has 6 aromatic rings. The minimum absolute atomic E-state index is 0. The smallest absolute Gasteiger partial charge is 0.317 e. The highest BCUT2D eigenvalue weighted by molar-refractivity contribution is 7.59. The first-order chi connectivity index (χ1) is 25.0. The van der Waals surface area contributed by atoms with Crippen LogP contribution in [-0.2, 0) is 40.0 Å². The van der Waals surface area contributed by atoms with Crippen molar-refractivity contribution < 1.29 is 9.59 Å². The standard InChI is InChI=1S/2C19H19ClN4OS.8CH4.2H2S/c1-12-9-16-15(18(22-23(16)2)17-7-4-8-26-17)11-24(12)19(25)21-14-6-3-5-13(20)10-14;1-12-9-16-15(18(23(2)22-16)17-7-4-8-26-17)11-24(12)19(25)21-14-6-3-5-13(20)10-14;;;;;;;;;;/h2*3-8,10,12H,9,11H2,1-2H3,(H,21,25);8*1H4;2*1H2/t2*12-;;;;;;;;;;/m00........../s1. The van der Waals surface area contributed by atoms with Crippen LogP contribution in [0.4, 0.5) is 21.0 Å². The highest BCUT2D eigenvalue weighted by Crippen LogP contribution is 2.36. The van der Waals surface area contributed by atoms with Gasteiger partial charge in [-0.1, -0.05) is 107 Å². The minimum atomic E-state index is -0.119. The molecule has 0 spiro atoms. The van der Waals surface area contributed by atoms with Gasteiger partial charge in [0.25, 0.3) is 0 Å².